The highest BCUT2D eigenvalue weighted by Crippen LogP contribution is 2.58. The fourth-order valence-electron chi connectivity index (χ4n) is 8.01. The maximum atomic E-state index is 13.7. The van der Waals surface area contributed by atoms with Crippen LogP contribution in [0.15, 0.2) is 174 Å². The Labute approximate surface area is 278 Å². The highest BCUT2D eigenvalue weighted by Gasteiger charge is 2.52. The van der Waals surface area contributed by atoms with Crippen molar-refractivity contribution < 1.29 is 9.52 Å². The van der Waals surface area contributed by atoms with E-state index in [0.29, 0.717) is 10.6 Å². The van der Waals surface area contributed by atoms with Gasteiger partial charge < -0.3 is 9.52 Å². The molecule has 0 amide bonds. The molecule has 2 nitrogen and oxygen atoms in total. The van der Waals surface area contributed by atoms with Crippen molar-refractivity contribution in [2.45, 2.75) is 11.0 Å². The predicted octanol–water partition coefficient (Wildman–Crippen LogP) is 10.9. The average Bonchev–Trinajstić information content (AvgIpc) is 3.52. The second-order valence-electron chi connectivity index (χ2n) is 12.3. The maximum Gasteiger partial charge on any atom is 0.143 e. The molecule has 0 radical (unpaired) electrons. The third kappa shape index (κ3) is 3.89. The number of para-hydroxylation sites is 2. The minimum absolute atomic E-state index is 0.548. The maximum absolute atomic E-state index is 13.7. The molecule has 8 aromatic rings. The van der Waals surface area contributed by atoms with Crippen molar-refractivity contribution in [3.05, 3.63) is 214 Å². The van der Waals surface area contributed by atoms with Crippen LogP contribution in [-0.4, -0.2) is 5.11 Å². The zero-order valence-corrected chi connectivity index (χ0v) is 26.2. The van der Waals surface area contributed by atoms with Crippen LogP contribution in [-0.2, 0) is 11.0 Å². The Bertz CT molecular complexity index is 2350. The van der Waals surface area contributed by atoms with Crippen molar-refractivity contribution >= 4 is 33.5 Å². The number of benzene rings is 7. The molecule has 7 aromatic carbocycles. The van der Waals surface area contributed by atoms with Crippen LogP contribution < -0.4 is 0 Å². The van der Waals surface area contributed by atoms with Crippen molar-refractivity contribution in [1.29, 1.82) is 0 Å². The largest absolute Gasteiger partial charge is 0.455 e. The normalized spacial score (nSPS) is 14.5. The minimum Gasteiger partial charge on any atom is -0.455 e. The van der Waals surface area contributed by atoms with Crippen LogP contribution in [0.4, 0.5) is 0 Å². The number of hydrogen-bond acceptors (Lipinski definition) is 2. The molecule has 0 atom stereocenters. The molecule has 0 saturated carbocycles. The number of halogens is 1. The lowest BCUT2D eigenvalue weighted by atomic mass is 9.55. The standard InChI is InChI=1S/C44H29ClO2/c45-31-26-27-32(34-19-13-20-35-33-18-7-12-25-41(33)47-42(34)35)40(28-31)44(46)38-23-10-8-21-36(38)43(29-14-3-1-4-15-29,30-16-5-2-6-17-30)37-22-9-11-24-39(37)44/h1-28,46H. The number of fused-ring (bicyclic) bond motifs is 5. The molecular formula is C44H29ClO2. The van der Waals surface area contributed by atoms with Gasteiger partial charge in [-0.1, -0.05) is 163 Å². The van der Waals surface area contributed by atoms with Crippen molar-refractivity contribution in [3.8, 4) is 11.1 Å². The van der Waals surface area contributed by atoms with Crippen LogP contribution in [0.3, 0.4) is 0 Å². The van der Waals surface area contributed by atoms with Crippen molar-refractivity contribution in [2.24, 2.45) is 0 Å². The summed E-state index contributed by atoms with van der Waals surface area (Å²) in [5.41, 5.74) is 7.76. The van der Waals surface area contributed by atoms with Gasteiger partial charge in [-0.25, -0.2) is 0 Å². The molecule has 3 heteroatoms. The highest BCUT2D eigenvalue weighted by atomic mass is 35.5. The number of aliphatic hydroxyl groups is 1. The Morgan fingerprint density at radius 2 is 0.979 bits per heavy atom. The highest BCUT2D eigenvalue weighted by molar-refractivity contribution is 6.30. The molecule has 9 rings (SSSR count). The van der Waals surface area contributed by atoms with E-state index in [0.717, 1.165) is 66.4 Å². The quantitative estimate of drug-likeness (QED) is 0.211. The van der Waals surface area contributed by atoms with Crippen LogP contribution in [0.1, 0.15) is 38.9 Å². The number of hydrogen-bond donors (Lipinski definition) is 1. The van der Waals surface area contributed by atoms with Gasteiger partial charge in [-0.05, 0) is 57.1 Å². The van der Waals surface area contributed by atoms with E-state index >= 15 is 0 Å². The molecule has 1 N–H and O–H groups in total. The summed E-state index contributed by atoms with van der Waals surface area (Å²) < 4.78 is 6.52. The molecule has 0 spiro atoms. The Kier molecular flexibility index (Phi) is 6.26. The van der Waals surface area contributed by atoms with E-state index in [9.17, 15) is 5.11 Å². The molecule has 0 saturated heterocycles. The van der Waals surface area contributed by atoms with Gasteiger partial charge in [0.25, 0.3) is 0 Å². The van der Waals surface area contributed by atoms with Gasteiger partial charge in [0.15, 0.2) is 0 Å². The van der Waals surface area contributed by atoms with E-state index in [1.807, 2.05) is 48.5 Å². The second-order valence-corrected chi connectivity index (χ2v) is 12.7. The van der Waals surface area contributed by atoms with Gasteiger partial charge in [-0.2, -0.15) is 0 Å². The number of furan rings is 1. The first-order chi connectivity index (χ1) is 23.1. The average molecular weight is 625 g/mol. The molecule has 1 aliphatic carbocycles. The SMILES string of the molecule is OC1(c2cc(Cl)ccc2-c2cccc3c2oc2ccccc23)c2ccccc2C(c2ccccc2)(c2ccccc2)c2ccccc21. The lowest BCUT2D eigenvalue weighted by molar-refractivity contribution is 0.119. The van der Waals surface area contributed by atoms with E-state index in [-0.39, 0.29) is 0 Å². The zero-order chi connectivity index (χ0) is 31.6. The second kappa shape index (κ2) is 10.6. The van der Waals surface area contributed by atoms with Crippen LogP contribution in [0.25, 0.3) is 33.1 Å². The fourth-order valence-corrected chi connectivity index (χ4v) is 8.18. The number of rotatable bonds is 4. The van der Waals surface area contributed by atoms with Crippen molar-refractivity contribution in [1.82, 2.24) is 0 Å². The molecule has 0 fully saturated rings. The van der Waals surface area contributed by atoms with Gasteiger partial charge in [-0.15, -0.1) is 0 Å². The molecule has 224 valence electrons. The Balaban J connectivity index is 1.41. The molecule has 0 bridgehead atoms. The summed E-state index contributed by atoms with van der Waals surface area (Å²) >= 11 is 6.84. The molecule has 47 heavy (non-hydrogen) atoms. The van der Waals surface area contributed by atoms with Gasteiger partial charge in [0.2, 0.25) is 0 Å². The Morgan fingerprint density at radius 1 is 0.447 bits per heavy atom. The van der Waals surface area contributed by atoms with E-state index < -0.39 is 11.0 Å². The van der Waals surface area contributed by atoms with Crippen LogP contribution in [0.2, 0.25) is 5.02 Å². The van der Waals surface area contributed by atoms with Gasteiger partial charge in [0.05, 0.1) is 5.41 Å². The summed E-state index contributed by atoms with van der Waals surface area (Å²) in [4.78, 5) is 0. The summed E-state index contributed by atoms with van der Waals surface area (Å²) in [6, 6.07) is 58.0. The molecule has 1 aromatic heterocycles. The van der Waals surface area contributed by atoms with Crippen LogP contribution >= 0.6 is 11.6 Å². The van der Waals surface area contributed by atoms with Crippen LogP contribution in [0.5, 0.6) is 0 Å². The van der Waals surface area contributed by atoms with E-state index in [2.05, 4.69) is 121 Å². The Morgan fingerprint density at radius 3 is 1.62 bits per heavy atom. The monoisotopic (exact) mass is 624 g/mol. The first kappa shape index (κ1) is 27.9. The topological polar surface area (TPSA) is 33.4 Å². The van der Waals surface area contributed by atoms with Gasteiger partial charge in [0, 0.05) is 26.9 Å². The summed E-state index contributed by atoms with van der Waals surface area (Å²) in [6.45, 7) is 0. The van der Waals surface area contributed by atoms with Gasteiger partial charge in [0.1, 0.15) is 16.8 Å². The summed E-state index contributed by atoms with van der Waals surface area (Å²) in [6.07, 6.45) is 0. The van der Waals surface area contributed by atoms with Crippen molar-refractivity contribution in [3.63, 3.8) is 0 Å². The minimum atomic E-state index is -1.55. The molecular weight excluding hydrogens is 596 g/mol. The van der Waals surface area contributed by atoms with Gasteiger partial charge >= 0.3 is 0 Å². The molecule has 0 aliphatic heterocycles. The predicted molar refractivity (Wildman–Crippen MR) is 191 cm³/mol. The summed E-state index contributed by atoms with van der Waals surface area (Å²) in [7, 11) is 0. The molecule has 0 unspecified atom stereocenters. The third-order valence-corrected chi connectivity index (χ3v) is 10.2. The van der Waals surface area contributed by atoms with Gasteiger partial charge in [-0.3, -0.25) is 0 Å². The smallest absolute Gasteiger partial charge is 0.143 e. The summed E-state index contributed by atoms with van der Waals surface area (Å²) in [5, 5.41) is 16.3. The first-order valence-electron chi connectivity index (χ1n) is 15.9. The first-order valence-corrected chi connectivity index (χ1v) is 16.2. The lowest BCUT2D eigenvalue weighted by Gasteiger charge is -2.48. The van der Waals surface area contributed by atoms with Crippen LogP contribution in [0, 0.1) is 0 Å². The van der Waals surface area contributed by atoms with E-state index in [1.54, 1.807) is 0 Å². The summed E-state index contributed by atoms with van der Waals surface area (Å²) in [5.74, 6) is 0. The molecule has 1 aliphatic rings. The Hall–Kier alpha value is -5.41. The zero-order valence-electron chi connectivity index (χ0n) is 25.4. The van der Waals surface area contributed by atoms with Crippen molar-refractivity contribution in [2.75, 3.05) is 0 Å². The third-order valence-electron chi connectivity index (χ3n) is 9.92. The van der Waals surface area contributed by atoms with E-state index in [1.165, 1.54) is 0 Å². The fraction of sp³-hybridized carbons (Fsp3) is 0.0455. The van der Waals surface area contributed by atoms with E-state index in [4.69, 9.17) is 16.0 Å². The lowest BCUT2D eigenvalue weighted by Crippen LogP contribution is -2.45. The molecule has 1 heterocycles.